The highest BCUT2D eigenvalue weighted by atomic mass is 17.0. The van der Waals surface area contributed by atoms with Crippen LogP contribution in [0, 0.1) is 30.3 Å². The van der Waals surface area contributed by atoms with Crippen molar-refractivity contribution in [3.05, 3.63) is 30.3 Å². The van der Waals surface area contributed by atoms with Gasteiger partial charge < -0.3 is 58.3 Å². The third-order valence-corrected chi connectivity index (χ3v) is 5.15. The molecule has 0 rings (SSSR count). The molecule has 21 nitrogen and oxygen atoms in total. The van der Waals surface area contributed by atoms with Gasteiger partial charge >= 0.3 is 0 Å². The van der Waals surface area contributed by atoms with Crippen LogP contribution < -0.4 is 0 Å². The molecular formula is C36H81N3O18. The average molecular weight is 844 g/mol. The van der Waals surface area contributed by atoms with Crippen molar-refractivity contribution in [1.82, 2.24) is 0 Å². The van der Waals surface area contributed by atoms with Crippen LogP contribution >= 0.6 is 0 Å². The summed E-state index contributed by atoms with van der Waals surface area (Å²) in [5.74, 6) is 0. The van der Waals surface area contributed by atoms with Gasteiger partial charge in [0.15, 0.2) is 0 Å². The Hall–Kier alpha value is -2.76. The van der Waals surface area contributed by atoms with Crippen LogP contribution in [0.5, 0.6) is 0 Å². The molecule has 57 heavy (non-hydrogen) atoms. The normalized spacial score (nSPS) is 10.3. The number of unbranched alkanes of at least 4 members (excludes halogenated alkanes) is 2. The Labute approximate surface area is 341 Å². The lowest BCUT2D eigenvalue weighted by Gasteiger charge is -2.05. The lowest BCUT2D eigenvalue weighted by molar-refractivity contribution is -0.758. The number of rotatable bonds is 30. The van der Waals surface area contributed by atoms with Crippen molar-refractivity contribution in [3.63, 3.8) is 0 Å². The quantitative estimate of drug-likeness (QED) is 0.0463. The molecule has 0 saturated carbocycles. The monoisotopic (exact) mass is 844 g/mol. The largest absolute Gasteiger partial charge is 0.396 e. The number of aliphatic hydroxyl groups excluding tert-OH is 3. The molecule has 3 N–H and O–H groups in total. The summed E-state index contributed by atoms with van der Waals surface area (Å²) in [6.07, 6.45) is 5.93. The van der Waals surface area contributed by atoms with Crippen LogP contribution in [0.4, 0.5) is 0 Å². The van der Waals surface area contributed by atoms with E-state index in [1.165, 1.54) is 0 Å². The fourth-order valence-corrected chi connectivity index (χ4v) is 2.78. The molecule has 0 aromatic carbocycles. The SMILES string of the molecule is CC(C)OCCCCO.CC(C)OCCCCO[N+](=O)[O-].CC(C)OCCCO.CC(C)OCCCO[N+](=O)[O-].CC(C)OCCO.CC(C)OCCO[N+](=O)[O-]. The van der Waals surface area contributed by atoms with Crippen LogP contribution in [0.3, 0.4) is 0 Å². The maximum atomic E-state index is 9.69. The number of ether oxygens (including phenoxy) is 6. The second-order valence-electron chi connectivity index (χ2n) is 13.0. The van der Waals surface area contributed by atoms with E-state index in [1.54, 1.807) is 0 Å². The van der Waals surface area contributed by atoms with Crippen LogP contribution in [-0.4, -0.2) is 146 Å². The van der Waals surface area contributed by atoms with Crippen LogP contribution in [0.2, 0.25) is 0 Å². The van der Waals surface area contributed by atoms with Gasteiger partial charge in [0, 0.05) is 39.6 Å². The molecule has 348 valence electrons. The van der Waals surface area contributed by atoms with Crippen molar-refractivity contribution in [2.45, 2.75) is 158 Å². The zero-order valence-corrected chi connectivity index (χ0v) is 37.0. The van der Waals surface area contributed by atoms with Gasteiger partial charge in [0.25, 0.3) is 15.3 Å². The average Bonchev–Trinajstić information content (AvgIpc) is 3.10. The minimum Gasteiger partial charge on any atom is -0.396 e. The maximum absolute atomic E-state index is 9.69. The van der Waals surface area contributed by atoms with E-state index < -0.39 is 15.3 Å². The van der Waals surface area contributed by atoms with Crippen LogP contribution in [0.1, 0.15) is 122 Å². The molecule has 0 fully saturated rings. The van der Waals surface area contributed by atoms with E-state index in [9.17, 15) is 30.3 Å². The van der Waals surface area contributed by atoms with Gasteiger partial charge in [0.2, 0.25) is 0 Å². The fourth-order valence-electron chi connectivity index (χ4n) is 2.78. The second-order valence-corrected chi connectivity index (χ2v) is 13.0. The molecule has 0 heterocycles. The first-order chi connectivity index (χ1) is 26.7. The van der Waals surface area contributed by atoms with Crippen molar-refractivity contribution in [1.29, 1.82) is 0 Å². The van der Waals surface area contributed by atoms with E-state index >= 15 is 0 Å². The smallest absolute Gasteiger partial charge is 0.294 e. The van der Waals surface area contributed by atoms with E-state index in [1.807, 2.05) is 83.1 Å². The van der Waals surface area contributed by atoms with E-state index in [0.717, 1.165) is 32.3 Å². The Morgan fingerprint density at radius 3 is 0.912 bits per heavy atom. The Balaban J connectivity index is -0.000000138. The summed E-state index contributed by atoms with van der Waals surface area (Å²) in [7, 11) is 0. The molecule has 0 bridgehead atoms. The minimum atomic E-state index is -0.830. The summed E-state index contributed by atoms with van der Waals surface area (Å²) in [5, 5.41) is 51.4. The second kappa shape index (κ2) is 55.3. The molecule has 0 atom stereocenters. The van der Waals surface area contributed by atoms with E-state index in [-0.39, 0.29) is 70.7 Å². The number of hydrogen-bond donors (Lipinski definition) is 3. The van der Waals surface area contributed by atoms with E-state index in [4.69, 9.17) is 43.7 Å². The molecule has 0 aliphatic rings. The molecule has 21 heteroatoms. The van der Waals surface area contributed by atoms with Gasteiger partial charge in [-0.25, -0.2) is 0 Å². The van der Waals surface area contributed by atoms with Gasteiger partial charge in [-0.1, -0.05) is 0 Å². The van der Waals surface area contributed by atoms with E-state index in [0.29, 0.717) is 51.5 Å². The fraction of sp³-hybridized carbons (Fsp3) is 1.00. The predicted molar refractivity (Wildman–Crippen MR) is 214 cm³/mol. The minimum absolute atomic E-state index is 0.00514. The molecule has 0 unspecified atom stereocenters. The van der Waals surface area contributed by atoms with Gasteiger partial charge in [-0.05, 0) is 122 Å². The van der Waals surface area contributed by atoms with Gasteiger partial charge in [-0.2, -0.15) is 0 Å². The molecule has 0 aromatic rings. The highest BCUT2D eigenvalue weighted by Crippen LogP contribution is 1.95. The zero-order chi connectivity index (χ0) is 45.3. The molecule has 0 aliphatic carbocycles. The summed E-state index contributed by atoms with van der Waals surface area (Å²) in [6, 6.07) is 0. The van der Waals surface area contributed by atoms with Crippen molar-refractivity contribution < 1.29 is 73.5 Å². The van der Waals surface area contributed by atoms with E-state index in [2.05, 4.69) is 14.5 Å². The van der Waals surface area contributed by atoms with Crippen molar-refractivity contribution >= 4 is 0 Å². The maximum Gasteiger partial charge on any atom is 0.294 e. The first-order valence-corrected chi connectivity index (χ1v) is 19.5. The Morgan fingerprint density at radius 2 is 0.596 bits per heavy atom. The lowest BCUT2D eigenvalue weighted by atomic mass is 10.3. The summed E-state index contributed by atoms with van der Waals surface area (Å²) in [6.45, 7) is 27.5. The van der Waals surface area contributed by atoms with Crippen molar-refractivity contribution in [2.75, 3.05) is 79.3 Å². The number of hydrogen-bond acceptors (Lipinski definition) is 18. The van der Waals surface area contributed by atoms with Crippen molar-refractivity contribution in [2.24, 2.45) is 0 Å². The highest BCUT2D eigenvalue weighted by molar-refractivity contribution is 4.41. The predicted octanol–water partition coefficient (Wildman–Crippen LogP) is 5.41. The summed E-state index contributed by atoms with van der Waals surface area (Å²) in [5.41, 5.74) is 0. The van der Waals surface area contributed by atoms with Gasteiger partial charge in [0.05, 0.1) is 69.7 Å². The first-order valence-electron chi connectivity index (χ1n) is 19.5. The topological polar surface area (TPSA) is 273 Å². The molecule has 0 aliphatic heterocycles. The number of nitrogens with zero attached hydrogens (tertiary/aromatic N) is 3. The Bertz CT molecular complexity index is 796. The molecule has 0 spiro atoms. The van der Waals surface area contributed by atoms with Crippen LogP contribution in [0.25, 0.3) is 0 Å². The van der Waals surface area contributed by atoms with Gasteiger partial charge in [-0.3, -0.25) is 0 Å². The molecule has 0 radical (unpaired) electrons. The lowest BCUT2D eigenvalue weighted by Crippen LogP contribution is -2.11. The van der Waals surface area contributed by atoms with Gasteiger partial charge in [0.1, 0.15) is 6.61 Å². The standard InChI is InChI=1S/C7H15NO4.C7H16O2.C6H13NO4.C6H14O2.C5H11NO4.C5H12O2/c1-7(2)11-5-3-4-6-12-8(9)10;1-7(2)9-6-4-3-5-8;1-6(2)10-4-3-5-11-7(8)9;1-6(2)8-5-3-4-7;1-5(2)9-3-4-10-6(7)8;1-5(2)7-4-3-6/h7H,3-6H2,1-2H3;7-8H,3-6H2,1-2H3;6H,3-5H2,1-2H3;6-7H,3-5H2,1-2H3;5H,3-4H2,1-2H3;5-6H,3-4H2,1-2H3. The molecule has 0 aromatic heterocycles. The summed E-state index contributed by atoms with van der Waals surface area (Å²) >= 11 is 0. The third-order valence-electron chi connectivity index (χ3n) is 5.15. The zero-order valence-electron chi connectivity index (χ0n) is 37.0. The summed E-state index contributed by atoms with van der Waals surface area (Å²) in [4.78, 5) is 41.1. The molecule has 0 amide bonds. The van der Waals surface area contributed by atoms with Gasteiger partial charge in [-0.15, -0.1) is 30.3 Å². The third kappa shape index (κ3) is 106. The Morgan fingerprint density at radius 1 is 0.333 bits per heavy atom. The molecular weight excluding hydrogens is 762 g/mol. The number of aliphatic hydroxyl groups is 3. The van der Waals surface area contributed by atoms with Crippen LogP contribution in [-0.2, 0) is 42.9 Å². The van der Waals surface area contributed by atoms with Crippen LogP contribution in [0.15, 0.2) is 0 Å². The summed E-state index contributed by atoms with van der Waals surface area (Å²) < 4.78 is 30.6. The highest BCUT2D eigenvalue weighted by Gasteiger charge is 1.98. The van der Waals surface area contributed by atoms with Crippen molar-refractivity contribution in [3.8, 4) is 0 Å². The first kappa shape index (κ1) is 66.1. The molecule has 0 saturated heterocycles. The Kier molecular flexibility index (Phi) is 64.1.